The molecule has 1 saturated heterocycles. The van der Waals surface area contributed by atoms with E-state index in [2.05, 4.69) is 10.6 Å². The average Bonchev–Trinajstić information content (AvgIpc) is 3.03. The number of amides is 4. The second-order valence-electron chi connectivity index (χ2n) is 8.16. The lowest BCUT2D eigenvalue weighted by atomic mass is 9.91. The summed E-state index contributed by atoms with van der Waals surface area (Å²) in [5.41, 5.74) is 2.11. The largest absolute Gasteiger partial charge is 0.489 e. The third-order valence-corrected chi connectivity index (χ3v) is 5.59. The monoisotopic (exact) mass is 443 g/mol. The number of imide groups is 1. The first-order chi connectivity index (χ1) is 15.8. The van der Waals surface area contributed by atoms with Gasteiger partial charge >= 0.3 is 6.03 Å². The van der Waals surface area contributed by atoms with Gasteiger partial charge in [0.05, 0.1) is 0 Å². The van der Waals surface area contributed by atoms with Crippen molar-refractivity contribution in [3.8, 4) is 5.75 Å². The number of hydrogen-bond donors (Lipinski definition) is 2. The van der Waals surface area contributed by atoms with Gasteiger partial charge in [0.15, 0.2) is 0 Å². The normalized spacial score (nSPS) is 17.6. The Morgan fingerprint density at radius 2 is 1.64 bits per heavy atom. The molecule has 7 heteroatoms. The number of carbonyl (C=O) groups excluding carboxylic acids is 3. The zero-order valence-electron chi connectivity index (χ0n) is 18.5. The van der Waals surface area contributed by atoms with Gasteiger partial charge in [-0.15, -0.1) is 0 Å². The minimum atomic E-state index is -1.21. The maximum absolute atomic E-state index is 13.0. The highest BCUT2D eigenvalue weighted by Gasteiger charge is 2.49. The zero-order valence-corrected chi connectivity index (χ0v) is 18.5. The van der Waals surface area contributed by atoms with Crippen LogP contribution in [0.5, 0.6) is 5.75 Å². The van der Waals surface area contributed by atoms with Gasteiger partial charge in [-0.05, 0) is 49.2 Å². The summed E-state index contributed by atoms with van der Waals surface area (Å²) in [5.74, 6) is -0.263. The molecule has 0 radical (unpaired) electrons. The van der Waals surface area contributed by atoms with Crippen molar-refractivity contribution >= 4 is 23.5 Å². The Bertz CT molecular complexity index is 1160. The number of hydrogen-bond acceptors (Lipinski definition) is 4. The van der Waals surface area contributed by atoms with Crippen LogP contribution in [0.15, 0.2) is 78.9 Å². The van der Waals surface area contributed by atoms with Gasteiger partial charge in [-0.3, -0.25) is 14.5 Å². The number of carbonyl (C=O) groups is 3. The van der Waals surface area contributed by atoms with Crippen molar-refractivity contribution in [1.29, 1.82) is 0 Å². The Morgan fingerprint density at radius 1 is 0.970 bits per heavy atom. The third-order valence-electron chi connectivity index (χ3n) is 5.59. The number of aryl methyl sites for hydroxylation is 1. The van der Waals surface area contributed by atoms with Gasteiger partial charge in [0, 0.05) is 5.69 Å². The molecule has 0 aliphatic carbocycles. The molecule has 1 aliphatic rings. The summed E-state index contributed by atoms with van der Waals surface area (Å²) in [6, 6.07) is 23.5. The smallest absolute Gasteiger partial charge is 0.325 e. The molecule has 1 atom stereocenters. The first kappa shape index (κ1) is 22.1. The molecule has 4 rings (SSSR count). The molecule has 3 aromatic carbocycles. The second kappa shape index (κ2) is 9.16. The second-order valence-corrected chi connectivity index (χ2v) is 8.16. The van der Waals surface area contributed by atoms with Crippen LogP contribution in [0.1, 0.15) is 23.6 Å². The summed E-state index contributed by atoms with van der Waals surface area (Å²) in [7, 11) is 0. The SMILES string of the molecule is Cc1ccc([C@@]2(C)NC(=O)N(CC(=O)Nc3ccc(OCc4ccccc4)cc3)C2=O)cc1. The van der Waals surface area contributed by atoms with Crippen LogP contribution in [0.3, 0.4) is 0 Å². The molecule has 0 saturated carbocycles. The van der Waals surface area contributed by atoms with Crippen molar-refractivity contribution in [3.05, 3.63) is 95.6 Å². The Hall–Kier alpha value is -4.13. The highest BCUT2D eigenvalue weighted by Crippen LogP contribution is 2.29. The number of nitrogens with zero attached hydrogens (tertiary/aromatic N) is 1. The van der Waals surface area contributed by atoms with Crippen LogP contribution in [-0.2, 0) is 21.7 Å². The van der Waals surface area contributed by atoms with E-state index >= 15 is 0 Å². The van der Waals surface area contributed by atoms with Crippen molar-refractivity contribution < 1.29 is 19.1 Å². The van der Waals surface area contributed by atoms with E-state index in [0.717, 1.165) is 16.0 Å². The molecule has 2 N–H and O–H groups in total. The van der Waals surface area contributed by atoms with Gasteiger partial charge in [0.25, 0.3) is 5.91 Å². The molecule has 0 spiro atoms. The van der Waals surface area contributed by atoms with Gasteiger partial charge < -0.3 is 15.4 Å². The van der Waals surface area contributed by atoms with Crippen molar-refractivity contribution in [1.82, 2.24) is 10.2 Å². The van der Waals surface area contributed by atoms with E-state index in [9.17, 15) is 14.4 Å². The fraction of sp³-hybridized carbons (Fsp3) is 0.192. The maximum atomic E-state index is 13.0. The Morgan fingerprint density at radius 3 is 2.30 bits per heavy atom. The van der Waals surface area contributed by atoms with Crippen molar-refractivity contribution in [3.63, 3.8) is 0 Å². The van der Waals surface area contributed by atoms with E-state index in [4.69, 9.17) is 4.74 Å². The summed E-state index contributed by atoms with van der Waals surface area (Å²) in [6.45, 7) is 3.65. The van der Waals surface area contributed by atoms with Crippen LogP contribution in [-0.4, -0.2) is 29.3 Å². The number of urea groups is 1. The molecule has 1 fully saturated rings. The van der Waals surface area contributed by atoms with E-state index in [0.29, 0.717) is 23.6 Å². The minimum absolute atomic E-state index is 0.377. The lowest BCUT2D eigenvalue weighted by Crippen LogP contribution is -2.42. The Balaban J connectivity index is 1.35. The average molecular weight is 444 g/mol. The molecule has 0 bridgehead atoms. The summed E-state index contributed by atoms with van der Waals surface area (Å²) in [5, 5.41) is 5.43. The van der Waals surface area contributed by atoms with Crippen LogP contribution in [0.2, 0.25) is 0 Å². The molecule has 7 nitrogen and oxygen atoms in total. The van der Waals surface area contributed by atoms with Gasteiger partial charge in [-0.2, -0.15) is 0 Å². The molecule has 4 amide bonds. The van der Waals surface area contributed by atoms with E-state index in [1.807, 2.05) is 49.4 Å². The molecule has 33 heavy (non-hydrogen) atoms. The minimum Gasteiger partial charge on any atom is -0.489 e. The predicted octanol–water partition coefficient (Wildman–Crippen LogP) is 3.98. The quantitative estimate of drug-likeness (QED) is 0.541. The fourth-order valence-electron chi connectivity index (χ4n) is 3.64. The van der Waals surface area contributed by atoms with E-state index in [1.165, 1.54) is 0 Å². The van der Waals surface area contributed by atoms with Gasteiger partial charge in [-0.1, -0.05) is 60.2 Å². The molecule has 3 aromatic rings. The number of ether oxygens (including phenoxy) is 1. The number of benzene rings is 3. The van der Waals surface area contributed by atoms with Gasteiger partial charge in [-0.25, -0.2) is 4.79 Å². The van der Waals surface area contributed by atoms with Gasteiger partial charge in [0.1, 0.15) is 24.4 Å². The highest BCUT2D eigenvalue weighted by molar-refractivity contribution is 6.10. The van der Waals surface area contributed by atoms with Crippen molar-refractivity contribution in [2.45, 2.75) is 26.0 Å². The molecule has 0 unspecified atom stereocenters. The fourth-order valence-corrected chi connectivity index (χ4v) is 3.64. The van der Waals surface area contributed by atoms with Crippen LogP contribution in [0.25, 0.3) is 0 Å². The third kappa shape index (κ3) is 4.87. The number of nitrogens with one attached hydrogen (secondary N) is 2. The van der Waals surface area contributed by atoms with E-state index in [-0.39, 0.29) is 6.54 Å². The number of rotatable bonds is 7. The standard InChI is InChI=1S/C26H25N3O4/c1-18-8-10-20(11-9-18)26(2)24(31)29(25(32)28-26)16-23(30)27-21-12-14-22(15-13-21)33-17-19-6-4-3-5-7-19/h3-15H,16-17H2,1-2H3,(H,27,30)(H,28,32)/t26-/m1/s1. The van der Waals surface area contributed by atoms with Crippen LogP contribution >= 0.6 is 0 Å². The first-order valence-corrected chi connectivity index (χ1v) is 10.6. The summed E-state index contributed by atoms with van der Waals surface area (Å²) in [6.07, 6.45) is 0. The molecule has 1 heterocycles. The molecule has 0 aromatic heterocycles. The summed E-state index contributed by atoms with van der Waals surface area (Å²) < 4.78 is 5.74. The van der Waals surface area contributed by atoms with E-state index < -0.39 is 23.4 Å². The van der Waals surface area contributed by atoms with Gasteiger partial charge in [0.2, 0.25) is 5.91 Å². The van der Waals surface area contributed by atoms with Crippen molar-refractivity contribution in [2.24, 2.45) is 0 Å². The summed E-state index contributed by atoms with van der Waals surface area (Å²) in [4.78, 5) is 38.9. The van der Waals surface area contributed by atoms with Crippen LogP contribution < -0.4 is 15.4 Å². The summed E-state index contributed by atoms with van der Waals surface area (Å²) >= 11 is 0. The Kier molecular flexibility index (Phi) is 6.13. The van der Waals surface area contributed by atoms with Crippen LogP contribution in [0.4, 0.5) is 10.5 Å². The highest BCUT2D eigenvalue weighted by atomic mass is 16.5. The lowest BCUT2D eigenvalue weighted by Gasteiger charge is -2.22. The van der Waals surface area contributed by atoms with E-state index in [1.54, 1.807) is 43.3 Å². The van der Waals surface area contributed by atoms with Crippen molar-refractivity contribution in [2.75, 3.05) is 11.9 Å². The lowest BCUT2D eigenvalue weighted by molar-refractivity contribution is -0.133. The first-order valence-electron chi connectivity index (χ1n) is 10.6. The zero-order chi connectivity index (χ0) is 23.4. The predicted molar refractivity (Wildman–Crippen MR) is 125 cm³/mol. The van der Waals surface area contributed by atoms with Crippen LogP contribution in [0, 0.1) is 6.92 Å². The maximum Gasteiger partial charge on any atom is 0.325 e. The molecular formula is C26H25N3O4. The topological polar surface area (TPSA) is 87.7 Å². The Labute approximate surface area is 192 Å². The molecular weight excluding hydrogens is 418 g/mol. The molecule has 1 aliphatic heterocycles. The number of anilines is 1. The molecule has 168 valence electrons.